The lowest BCUT2D eigenvalue weighted by molar-refractivity contribution is -0.00549. The van der Waals surface area contributed by atoms with Crippen LogP contribution in [0, 0.1) is 5.82 Å². The summed E-state index contributed by atoms with van der Waals surface area (Å²) in [5, 5.41) is 0. The summed E-state index contributed by atoms with van der Waals surface area (Å²) in [6.45, 7) is 5.55. The molecule has 2 atom stereocenters. The number of halogens is 2. The zero-order valence-corrected chi connectivity index (χ0v) is 10.7. The van der Waals surface area contributed by atoms with E-state index < -0.39 is 0 Å². The molecule has 0 bridgehead atoms. The molecular formula is C12H16ClFN2O. The van der Waals surface area contributed by atoms with E-state index in [1.807, 2.05) is 13.8 Å². The number of rotatable bonds is 2. The molecule has 1 saturated heterocycles. The second-order valence-electron chi connectivity index (χ2n) is 4.43. The molecule has 0 aliphatic carbocycles. The predicted molar refractivity (Wildman–Crippen MR) is 66.0 cm³/mol. The molecule has 1 aliphatic heterocycles. The fraction of sp³-hybridized carbons (Fsp3) is 0.583. The van der Waals surface area contributed by atoms with Crippen LogP contribution >= 0.6 is 11.6 Å². The Kier molecular flexibility index (Phi) is 3.84. The summed E-state index contributed by atoms with van der Waals surface area (Å²) in [7, 11) is 0. The topological polar surface area (TPSA) is 25.4 Å². The first-order valence-corrected chi connectivity index (χ1v) is 6.24. The van der Waals surface area contributed by atoms with Gasteiger partial charge < -0.3 is 9.64 Å². The highest BCUT2D eigenvalue weighted by molar-refractivity contribution is 6.17. The van der Waals surface area contributed by atoms with Gasteiger partial charge in [-0.05, 0) is 19.9 Å². The van der Waals surface area contributed by atoms with Gasteiger partial charge in [-0.3, -0.25) is 0 Å². The summed E-state index contributed by atoms with van der Waals surface area (Å²) in [5.74, 6) is 0.683. The van der Waals surface area contributed by atoms with Gasteiger partial charge in [-0.2, -0.15) is 0 Å². The lowest BCUT2D eigenvalue weighted by Gasteiger charge is -2.36. The predicted octanol–water partition coefficient (Wildman–Crippen LogP) is 2.57. The van der Waals surface area contributed by atoms with Crippen LogP contribution in [0.25, 0.3) is 0 Å². The number of nitrogens with zero attached hydrogens (tertiary/aromatic N) is 2. The number of hydrogen-bond donors (Lipinski definition) is 0. The summed E-state index contributed by atoms with van der Waals surface area (Å²) >= 11 is 5.83. The van der Waals surface area contributed by atoms with Crippen molar-refractivity contribution in [2.75, 3.05) is 18.0 Å². The van der Waals surface area contributed by atoms with Crippen LogP contribution in [0.5, 0.6) is 0 Å². The van der Waals surface area contributed by atoms with E-state index >= 15 is 0 Å². The molecule has 17 heavy (non-hydrogen) atoms. The minimum absolute atomic E-state index is 0.147. The van der Waals surface area contributed by atoms with Gasteiger partial charge in [-0.1, -0.05) is 0 Å². The van der Waals surface area contributed by atoms with Crippen LogP contribution in [0.3, 0.4) is 0 Å². The van der Waals surface area contributed by atoms with Gasteiger partial charge >= 0.3 is 0 Å². The highest BCUT2D eigenvalue weighted by Crippen LogP contribution is 2.24. The number of morpholine rings is 1. The number of hydrogen-bond acceptors (Lipinski definition) is 3. The van der Waals surface area contributed by atoms with Gasteiger partial charge in [0.25, 0.3) is 0 Å². The van der Waals surface area contributed by atoms with Gasteiger partial charge in [-0.15, -0.1) is 11.6 Å². The molecule has 0 radical (unpaired) electrons. The van der Waals surface area contributed by atoms with E-state index in [9.17, 15) is 4.39 Å². The van der Waals surface area contributed by atoms with Crippen LogP contribution < -0.4 is 4.90 Å². The number of pyridine rings is 1. The smallest absolute Gasteiger partial charge is 0.141 e. The van der Waals surface area contributed by atoms with Crippen molar-refractivity contribution in [3.8, 4) is 0 Å². The normalized spacial score (nSPS) is 25.1. The van der Waals surface area contributed by atoms with Crippen molar-refractivity contribution in [1.82, 2.24) is 4.98 Å². The molecule has 5 heteroatoms. The molecule has 1 aromatic heterocycles. The van der Waals surface area contributed by atoms with E-state index in [1.54, 1.807) is 0 Å². The van der Waals surface area contributed by atoms with Crippen LogP contribution in [0.15, 0.2) is 12.3 Å². The average Bonchev–Trinajstić information content (AvgIpc) is 2.27. The van der Waals surface area contributed by atoms with Crippen LogP contribution in [-0.4, -0.2) is 30.3 Å². The number of anilines is 1. The largest absolute Gasteiger partial charge is 0.372 e. The standard InChI is InChI=1S/C12H16ClFN2O/c1-8-6-16(7-9(2)17-8)12-10(4-13)3-11(14)5-15-12/h3,5,8-9H,4,6-7H2,1-2H3/t8-,9+. The van der Waals surface area contributed by atoms with Gasteiger partial charge in [0, 0.05) is 18.7 Å². The molecule has 0 unspecified atom stereocenters. The first-order chi connectivity index (χ1) is 8.10. The molecular weight excluding hydrogens is 243 g/mol. The fourth-order valence-electron chi connectivity index (χ4n) is 2.21. The summed E-state index contributed by atoms with van der Waals surface area (Å²) in [5.41, 5.74) is 0.730. The van der Waals surface area contributed by atoms with Crippen LogP contribution in [-0.2, 0) is 10.6 Å². The van der Waals surface area contributed by atoms with E-state index in [0.717, 1.165) is 24.5 Å². The van der Waals surface area contributed by atoms with Gasteiger partial charge in [0.05, 0.1) is 24.3 Å². The number of alkyl halides is 1. The second-order valence-corrected chi connectivity index (χ2v) is 4.70. The summed E-state index contributed by atoms with van der Waals surface area (Å²) in [4.78, 5) is 6.26. The Morgan fingerprint density at radius 3 is 2.71 bits per heavy atom. The Balaban J connectivity index is 2.26. The van der Waals surface area contributed by atoms with Gasteiger partial charge in [0.2, 0.25) is 0 Å². The maximum Gasteiger partial charge on any atom is 0.141 e. The molecule has 0 aromatic carbocycles. The van der Waals surface area contributed by atoms with E-state index in [-0.39, 0.29) is 23.9 Å². The quantitative estimate of drug-likeness (QED) is 0.763. The summed E-state index contributed by atoms with van der Waals surface area (Å²) < 4.78 is 18.7. The molecule has 0 amide bonds. The van der Waals surface area contributed by atoms with Crippen molar-refractivity contribution in [3.63, 3.8) is 0 Å². The maximum absolute atomic E-state index is 13.1. The molecule has 1 fully saturated rings. The van der Waals surface area contributed by atoms with E-state index in [2.05, 4.69) is 9.88 Å². The molecule has 0 saturated carbocycles. The Bertz CT molecular complexity index is 392. The summed E-state index contributed by atoms with van der Waals surface area (Å²) in [6, 6.07) is 1.44. The Morgan fingerprint density at radius 2 is 2.12 bits per heavy atom. The zero-order chi connectivity index (χ0) is 12.4. The van der Waals surface area contributed by atoms with Gasteiger partial charge in [0.1, 0.15) is 11.6 Å². The fourth-order valence-corrected chi connectivity index (χ4v) is 2.40. The molecule has 0 N–H and O–H groups in total. The van der Waals surface area contributed by atoms with Crippen molar-refractivity contribution in [3.05, 3.63) is 23.6 Å². The molecule has 2 rings (SSSR count). The second kappa shape index (κ2) is 5.19. The van der Waals surface area contributed by atoms with E-state index in [0.29, 0.717) is 0 Å². The van der Waals surface area contributed by atoms with Crippen molar-refractivity contribution in [2.24, 2.45) is 0 Å². The average molecular weight is 259 g/mol. The first kappa shape index (κ1) is 12.6. The molecule has 0 spiro atoms. The SMILES string of the molecule is C[C@@H]1CN(c2ncc(F)cc2CCl)C[C@H](C)O1. The monoisotopic (exact) mass is 258 g/mol. The van der Waals surface area contributed by atoms with Crippen LogP contribution in [0.2, 0.25) is 0 Å². The van der Waals surface area contributed by atoms with Crippen LogP contribution in [0.4, 0.5) is 10.2 Å². The minimum atomic E-state index is -0.348. The Hall–Kier alpha value is -0.870. The van der Waals surface area contributed by atoms with Crippen LogP contribution in [0.1, 0.15) is 19.4 Å². The molecule has 3 nitrogen and oxygen atoms in total. The van der Waals surface area contributed by atoms with Crippen molar-refractivity contribution < 1.29 is 9.13 Å². The molecule has 1 aromatic rings. The lowest BCUT2D eigenvalue weighted by atomic mass is 10.2. The minimum Gasteiger partial charge on any atom is -0.372 e. The van der Waals surface area contributed by atoms with E-state index in [4.69, 9.17) is 16.3 Å². The maximum atomic E-state index is 13.1. The van der Waals surface area contributed by atoms with Crippen molar-refractivity contribution >= 4 is 17.4 Å². The molecule has 1 aliphatic rings. The summed E-state index contributed by atoms with van der Waals surface area (Å²) in [6.07, 6.45) is 1.53. The zero-order valence-electron chi connectivity index (χ0n) is 9.99. The Morgan fingerprint density at radius 1 is 1.47 bits per heavy atom. The van der Waals surface area contributed by atoms with E-state index in [1.165, 1.54) is 12.3 Å². The third kappa shape index (κ3) is 2.87. The third-order valence-electron chi connectivity index (χ3n) is 2.77. The first-order valence-electron chi connectivity index (χ1n) is 5.71. The third-order valence-corrected chi connectivity index (χ3v) is 3.06. The lowest BCUT2D eigenvalue weighted by Crippen LogP contribution is -2.46. The van der Waals surface area contributed by atoms with Crippen molar-refractivity contribution in [1.29, 1.82) is 0 Å². The number of ether oxygens (including phenoxy) is 1. The molecule has 2 heterocycles. The molecule has 94 valence electrons. The van der Waals surface area contributed by atoms with Crippen molar-refractivity contribution in [2.45, 2.75) is 31.9 Å². The van der Waals surface area contributed by atoms with Gasteiger partial charge in [0.15, 0.2) is 0 Å². The highest BCUT2D eigenvalue weighted by atomic mass is 35.5. The highest BCUT2D eigenvalue weighted by Gasteiger charge is 2.24. The number of aromatic nitrogens is 1. The van der Waals surface area contributed by atoms with Gasteiger partial charge in [-0.25, -0.2) is 9.37 Å². The Labute approximate surface area is 106 Å².